The second-order valence-electron chi connectivity index (χ2n) is 5.82. The SMILES string of the molecule is Cc1nc(N2CCCC2)nc(C)c1NS(=O)(=O)c1ccc(I)cc1. The van der Waals surface area contributed by atoms with E-state index in [1.807, 2.05) is 0 Å². The van der Waals surface area contributed by atoms with Crippen molar-refractivity contribution in [3.05, 3.63) is 39.2 Å². The van der Waals surface area contributed by atoms with Gasteiger partial charge in [-0.2, -0.15) is 0 Å². The number of sulfonamides is 1. The highest BCUT2D eigenvalue weighted by Crippen LogP contribution is 2.25. The maximum absolute atomic E-state index is 12.6. The highest BCUT2D eigenvalue weighted by molar-refractivity contribution is 14.1. The normalized spacial score (nSPS) is 14.9. The molecule has 1 aromatic carbocycles. The van der Waals surface area contributed by atoms with Crippen LogP contribution < -0.4 is 9.62 Å². The van der Waals surface area contributed by atoms with E-state index >= 15 is 0 Å². The number of rotatable bonds is 4. The third kappa shape index (κ3) is 3.64. The molecule has 2 aromatic rings. The molecule has 0 radical (unpaired) electrons. The lowest BCUT2D eigenvalue weighted by molar-refractivity contribution is 0.601. The number of nitrogens with zero attached hydrogens (tertiary/aromatic N) is 3. The molecule has 0 saturated carbocycles. The fraction of sp³-hybridized carbons (Fsp3) is 0.375. The first-order valence-electron chi connectivity index (χ1n) is 7.75. The van der Waals surface area contributed by atoms with Crippen molar-refractivity contribution >= 4 is 44.2 Å². The van der Waals surface area contributed by atoms with E-state index < -0.39 is 10.0 Å². The lowest BCUT2D eigenvalue weighted by Crippen LogP contribution is -2.22. The van der Waals surface area contributed by atoms with Crippen LogP contribution in [0.3, 0.4) is 0 Å². The third-order valence-electron chi connectivity index (χ3n) is 4.01. The van der Waals surface area contributed by atoms with Gasteiger partial charge in [-0.3, -0.25) is 4.72 Å². The number of hydrogen-bond donors (Lipinski definition) is 1. The molecule has 1 fully saturated rings. The van der Waals surface area contributed by atoms with Crippen molar-refractivity contribution in [2.24, 2.45) is 0 Å². The zero-order valence-corrected chi connectivity index (χ0v) is 16.6. The molecule has 6 nitrogen and oxygen atoms in total. The smallest absolute Gasteiger partial charge is 0.262 e. The van der Waals surface area contributed by atoms with E-state index in [4.69, 9.17) is 0 Å². The topological polar surface area (TPSA) is 75.2 Å². The highest BCUT2D eigenvalue weighted by atomic mass is 127. The van der Waals surface area contributed by atoms with Gasteiger partial charge in [-0.1, -0.05) is 0 Å². The average molecular weight is 458 g/mol. The van der Waals surface area contributed by atoms with Crippen LogP contribution in [0, 0.1) is 17.4 Å². The summed E-state index contributed by atoms with van der Waals surface area (Å²) in [6.07, 6.45) is 2.28. The molecule has 3 rings (SSSR count). The van der Waals surface area contributed by atoms with Gasteiger partial charge < -0.3 is 4.90 Å². The molecule has 1 saturated heterocycles. The van der Waals surface area contributed by atoms with Crippen LogP contribution in [0.1, 0.15) is 24.2 Å². The molecule has 0 bridgehead atoms. The minimum Gasteiger partial charge on any atom is -0.341 e. The molecule has 0 amide bonds. The number of aryl methyl sites for hydroxylation is 2. The summed E-state index contributed by atoms with van der Waals surface area (Å²) in [6, 6.07) is 6.71. The number of nitrogens with one attached hydrogen (secondary N) is 1. The fourth-order valence-corrected chi connectivity index (χ4v) is 4.25. The highest BCUT2D eigenvalue weighted by Gasteiger charge is 2.21. The van der Waals surface area contributed by atoms with Crippen LogP contribution in [-0.4, -0.2) is 31.5 Å². The number of benzene rings is 1. The van der Waals surface area contributed by atoms with Gasteiger partial charge in [-0.25, -0.2) is 18.4 Å². The molecule has 0 spiro atoms. The number of halogens is 1. The first kappa shape index (κ1) is 17.4. The van der Waals surface area contributed by atoms with E-state index in [9.17, 15) is 8.42 Å². The Balaban J connectivity index is 1.90. The Kier molecular flexibility index (Phi) is 4.95. The van der Waals surface area contributed by atoms with Crippen LogP contribution in [0.5, 0.6) is 0 Å². The van der Waals surface area contributed by atoms with Crippen molar-refractivity contribution in [1.82, 2.24) is 9.97 Å². The van der Waals surface area contributed by atoms with Crippen LogP contribution in [-0.2, 0) is 10.0 Å². The summed E-state index contributed by atoms with van der Waals surface area (Å²) in [6.45, 7) is 5.51. The van der Waals surface area contributed by atoms with Crippen LogP contribution in [0.2, 0.25) is 0 Å². The third-order valence-corrected chi connectivity index (χ3v) is 6.09. The Hall–Kier alpha value is -1.42. The van der Waals surface area contributed by atoms with Gasteiger partial charge in [0, 0.05) is 16.7 Å². The van der Waals surface area contributed by atoms with Crippen LogP contribution in [0.4, 0.5) is 11.6 Å². The van der Waals surface area contributed by atoms with E-state index in [0.717, 1.165) is 29.5 Å². The Bertz CT molecular complexity index is 824. The van der Waals surface area contributed by atoms with Crippen molar-refractivity contribution in [2.75, 3.05) is 22.7 Å². The van der Waals surface area contributed by atoms with E-state index in [1.54, 1.807) is 38.1 Å². The summed E-state index contributed by atoms with van der Waals surface area (Å²) in [7, 11) is -3.65. The first-order valence-corrected chi connectivity index (χ1v) is 10.3. The van der Waals surface area contributed by atoms with Gasteiger partial charge in [0.15, 0.2) is 0 Å². The lowest BCUT2D eigenvalue weighted by Gasteiger charge is -2.19. The molecule has 0 aliphatic carbocycles. The second kappa shape index (κ2) is 6.83. The molecule has 1 aliphatic rings. The van der Waals surface area contributed by atoms with Gasteiger partial charge >= 0.3 is 0 Å². The molecule has 8 heteroatoms. The minimum absolute atomic E-state index is 0.227. The van der Waals surface area contributed by atoms with Crippen LogP contribution >= 0.6 is 22.6 Å². The molecule has 128 valence electrons. The van der Waals surface area contributed by atoms with Gasteiger partial charge in [0.2, 0.25) is 5.95 Å². The molecule has 1 aliphatic heterocycles. The second-order valence-corrected chi connectivity index (χ2v) is 8.75. The molecule has 0 unspecified atom stereocenters. The maximum atomic E-state index is 12.6. The quantitative estimate of drug-likeness (QED) is 0.713. The molecular formula is C16H19IN4O2S. The first-order chi connectivity index (χ1) is 11.4. The average Bonchev–Trinajstić information content (AvgIpc) is 3.05. The number of hydrogen-bond acceptors (Lipinski definition) is 5. The maximum Gasteiger partial charge on any atom is 0.262 e. The summed E-state index contributed by atoms with van der Waals surface area (Å²) < 4.78 is 28.8. The van der Waals surface area contributed by atoms with Crippen LogP contribution in [0.25, 0.3) is 0 Å². The zero-order chi connectivity index (χ0) is 17.3. The zero-order valence-electron chi connectivity index (χ0n) is 13.6. The van der Waals surface area contributed by atoms with Gasteiger partial charge in [0.05, 0.1) is 22.0 Å². The van der Waals surface area contributed by atoms with Gasteiger partial charge in [0.25, 0.3) is 10.0 Å². The molecule has 1 N–H and O–H groups in total. The minimum atomic E-state index is -3.65. The monoisotopic (exact) mass is 458 g/mol. The standard InChI is InChI=1S/C16H19IN4O2S/c1-11-15(12(2)19-16(18-11)21-9-3-4-10-21)20-24(22,23)14-7-5-13(17)6-8-14/h5-8,20H,3-4,9-10H2,1-2H3. The Labute approximate surface area is 155 Å². The summed E-state index contributed by atoms with van der Waals surface area (Å²) in [4.78, 5) is 11.4. The largest absolute Gasteiger partial charge is 0.341 e. The van der Waals surface area contributed by atoms with Crippen LogP contribution in [0.15, 0.2) is 29.2 Å². The Morgan fingerprint density at radius 3 is 2.12 bits per heavy atom. The number of aromatic nitrogens is 2. The van der Waals surface area contributed by atoms with Crippen molar-refractivity contribution < 1.29 is 8.42 Å². The predicted molar refractivity (Wildman–Crippen MR) is 103 cm³/mol. The summed E-state index contributed by atoms with van der Waals surface area (Å²) in [5, 5.41) is 0. The van der Waals surface area contributed by atoms with E-state index in [0.29, 0.717) is 23.0 Å². The summed E-state index contributed by atoms with van der Waals surface area (Å²) in [5.41, 5.74) is 1.73. The molecule has 0 atom stereocenters. The van der Waals surface area contributed by atoms with E-state index in [1.165, 1.54) is 0 Å². The fourth-order valence-electron chi connectivity index (χ4n) is 2.71. The number of anilines is 2. The molecule has 2 heterocycles. The predicted octanol–water partition coefficient (Wildman–Crippen LogP) is 3.10. The van der Waals surface area contributed by atoms with Gasteiger partial charge in [-0.15, -0.1) is 0 Å². The van der Waals surface area contributed by atoms with Crippen molar-refractivity contribution in [3.63, 3.8) is 0 Å². The summed E-state index contributed by atoms with van der Waals surface area (Å²) in [5.74, 6) is 0.680. The van der Waals surface area contributed by atoms with Crippen molar-refractivity contribution in [2.45, 2.75) is 31.6 Å². The van der Waals surface area contributed by atoms with Crippen molar-refractivity contribution in [1.29, 1.82) is 0 Å². The molecule has 24 heavy (non-hydrogen) atoms. The van der Waals surface area contributed by atoms with Crippen molar-refractivity contribution in [3.8, 4) is 0 Å². The summed E-state index contributed by atoms with van der Waals surface area (Å²) >= 11 is 2.14. The van der Waals surface area contributed by atoms with E-state index in [-0.39, 0.29) is 4.90 Å². The Morgan fingerprint density at radius 1 is 1.04 bits per heavy atom. The molecular weight excluding hydrogens is 439 g/mol. The van der Waals surface area contributed by atoms with Gasteiger partial charge in [0.1, 0.15) is 0 Å². The van der Waals surface area contributed by atoms with Gasteiger partial charge in [-0.05, 0) is 73.5 Å². The van der Waals surface area contributed by atoms with E-state index in [2.05, 4.69) is 42.2 Å². The Morgan fingerprint density at radius 2 is 1.58 bits per heavy atom. The lowest BCUT2D eigenvalue weighted by atomic mass is 10.3. The molecule has 1 aromatic heterocycles.